The van der Waals surface area contributed by atoms with Gasteiger partial charge in [0.05, 0.1) is 11.6 Å². The lowest BCUT2D eigenvalue weighted by Gasteiger charge is -2.09. The third kappa shape index (κ3) is 2.83. The monoisotopic (exact) mass is 217 g/mol. The van der Waals surface area contributed by atoms with Gasteiger partial charge >= 0.3 is 5.97 Å². The van der Waals surface area contributed by atoms with E-state index in [2.05, 4.69) is 0 Å². The number of nitriles is 1. The summed E-state index contributed by atoms with van der Waals surface area (Å²) in [4.78, 5) is 11.1. The lowest BCUT2D eigenvalue weighted by Crippen LogP contribution is -2.04. The second kappa shape index (κ2) is 5.32. The van der Waals surface area contributed by atoms with Crippen molar-refractivity contribution in [3.8, 4) is 6.07 Å². The molecule has 0 aliphatic heterocycles. The molecule has 1 aromatic carbocycles. The number of nitrogens with zero attached hydrogens (tertiary/aromatic N) is 1. The van der Waals surface area contributed by atoms with E-state index in [1.807, 2.05) is 32.0 Å². The van der Waals surface area contributed by atoms with Crippen LogP contribution in [0.5, 0.6) is 0 Å². The Morgan fingerprint density at radius 3 is 2.69 bits per heavy atom. The van der Waals surface area contributed by atoms with Gasteiger partial charge in [-0.25, -0.2) is 4.79 Å². The number of hydrogen-bond donors (Lipinski definition) is 1. The zero-order valence-electron chi connectivity index (χ0n) is 9.53. The van der Waals surface area contributed by atoms with Gasteiger partial charge in [0.15, 0.2) is 0 Å². The molecular weight excluding hydrogens is 202 g/mol. The number of carbonyl (C=O) groups is 1. The van der Waals surface area contributed by atoms with Gasteiger partial charge in [-0.15, -0.1) is 0 Å². The first-order valence-electron chi connectivity index (χ1n) is 5.29. The topological polar surface area (TPSA) is 61.1 Å². The van der Waals surface area contributed by atoms with Crippen LogP contribution in [0.4, 0.5) is 0 Å². The Morgan fingerprint density at radius 1 is 1.50 bits per heavy atom. The average Bonchev–Trinajstić information content (AvgIpc) is 2.25. The van der Waals surface area contributed by atoms with E-state index in [1.54, 1.807) is 6.07 Å². The molecule has 3 nitrogen and oxygen atoms in total. The third-order valence-electron chi connectivity index (χ3n) is 2.54. The fourth-order valence-corrected chi connectivity index (χ4v) is 1.56. The quantitative estimate of drug-likeness (QED) is 0.843. The van der Waals surface area contributed by atoms with Crippen LogP contribution in [0.15, 0.2) is 18.2 Å². The summed E-state index contributed by atoms with van der Waals surface area (Å²) in [6, 6.07) is 7.48. The van der Waals surface area contributed by atoms with Gasteiger partial charge in [-0.05, 0) is 29.5 Å². The predicted octanol–water partition coefficient (Wildman–Crippen LogP) is 2.96. The smallest absolute Gasteiger partial charge is 0.335 e. The Balaban J connectivity index is 3.10. The molecule has 0 fully saturated rings. The number of carboxylic acids is 1. The maximum absolute atomic E-state index is 11.1. The first-order chi connectivity index (χ1) is 7.56. The highest BCUT2D eigenvalue weighted by atomic mass is 16.4. The fraction of sp³-hybridized carbons (Fsp3) is 0.385. The summed E-state index contributed by atoms with van der Waals surface area (Å²) in [7, 11) is 0. The highest BCUT2D eigenvalue weighted by molar-refractivity contribution is 5.89. The summed E-state index contributed by atoms with van der Waals surface area (Å²) in [5.41, 5.74) is 2.07. The summed E-state index contributed by atoms with van der Waals surface area (Å²) in [6.45, 7) is 4.05. The second-order valence-corrected chi connectivity index (χ2v) is 4.03. The molecule has 0 saturated carbocycles. The lowest BCUT2D eigenvalue weighted by atomic mass is 9.95. The van der Waals surface area contributed by atoms with E-state index in [-0.39, 0.29) is 0 Å². The molecule has 16 heavy (non-hydrogen) atoms. The summed E-state index contributed by atoms with van der Waals surface area (Å²) in [5, 5.41) is 17.6. The minimum atomic E-state index is -0.921. The number of hydrogen-bond acceptors (Lipinski definition) is 2. The van der Waals surface area contributed by atoms with Gasteiger partial charge in [-0.1, -0.05) is 26.0 Å². The molecule has 0 bridgehead atoms. The Kier molecular flexibility index (Phi) is 4.07. The molecule has 0 saturated heterocycles. The highest BCUT2D eigenvalue weighted by Crippen LogP contribution is 2.20. The Morgan fingerprint density at radius 2 is 2.19 bits per heavy atom. The van der Waals surface area contributed by atoms with Gasteiger partial charge in [0.2, 0.25) is 0 Å². The van der Waals surface area contributed by atoms with Crippen molar-refractivity contribution in [2.45, 2.75) is 32.6 Å². The maximum Gasteiger partial charge on any atom is 0.335 e. The van der Waals surface area contributed by atoms with Crippen molar-refractivity contribution in [2.75, 3.05) is 0 Å². The number of aromatic carboxylic acids is 1. The van der Waals surface area contributed by atoms with Gasteiger partial charge in [0, 0.05) is 6.42 Å². The third-order valence-corrected chi connectivity index (χ3v) is 2.54. The Hall–Kier alpha value is -1.82. The van der Waals surface area contributed by atoms with Crippen molar-refractivity contribution in [1.29, 1.82) is 5.26 Å². The molecule has 0 aliphatic carbocycles. The summed E-state index contributed by atoms with van der Waals surface area (Å²) in [6.07, 6.45) is 0.845. The summed E-state index contributed by atoms with van der Waals surface area (Å²) >= 11 is 0. The largest absolute Gasteiger partial charge is 0.478 e. The van der Waals surface area contributed by atoms with Gasteiger partial charge in [-0.2, -0.15) is 5.26 Å². The summed E-state index contributed by atoms with van der Waals surface area (Å²) < 4.78 is 0. The zero-order valence-corrected chi connectivity index (χ0v) is 9.53. The zero-order chi connectivity index (χ0) is 12.1. The molecule has 0 amide bonds. The van der Waals surface area contributed by atoms with Crippen LogP contribution < -0.4 is 0 Å². The van der Waals surface area contributed by atoms with Crippen LogP contribution in [0.2, 0.25) is 0 Å². The van der Waals surface area contributed by atoms with Gasteiger partial charge in [-0.3, -0.25) is 0 Å². The van der Waals surface area contributed by atoms with E-state index in [1.165, 1.54) is 0 Å². The van der Waals surface area contributed by atoms with Crippen LogP contribution >= 0.6 is 0 Å². The van der Waals surface area contributed by atoms with Gasteiger partial charge in [0.1, 0.15) is 0 Å². The molecule has 0 spiro atoms. The number of benzene rings is 1. The van der Waals surface area contributed by atoms with Crippen LogP contribution in [0.3, 0.4) is 0 Å². The van der Waals surface area contributed by atoms with Crippen LogP contribution in [0.25, 0.3) is 0 Å². The second-order valence-electron chi connectivity index (χ2n) is 4.03. The minimum absolute atomic E-state index is 0.308. The van der Waals surface area contributed by atoms with E-state index >= 15 is 0 Å². The van der Waals surface area contributed by atoms with Crippen molar-refractivity contribution in [3.63, 3.8) is 0 Å². The van der Waals surface area contributed by atoms with Crippen molar-refractivity contribution in [2.24, 2.45) is 0 Å². The molecular formula is C13H15NO2. The standard InChI is InChI=1S/C13H15NO2/c1-9(2)11-6-5-10(4-3-7-14)12(8-11)13(15)16/h5-6,8-9H,3-4H2,1-2H3,(H,15,16). The average molecular weight is 217 g/mol. The first kappa shape index (κ1) is 12.3. The van der Waals surface area contributed by atoms with E-state index in [9.17, 15) is 4.79 Å². The molecule has 3 heteroatoms. The molecule has 84 valence electrons. The molecule has 1 aromatic rings. The van der Waals surface area contributed by atoms with Gasteiger partial charge < -0.3 is 5.11 Å². The van der Waals surface area contributed by atoms with Crippen LogP contribution in [-0.2, 0) is 6.42 Å². The van der Waals surface area contributed by atoms with Crippen LogP contribution in [-0.4, -0.2) is 11.1 Å². The maximum atomic E-state index is 11.1. The van der Waals surface area contributed by atoms with Crippen molar-refractivity contribution in [1.82, 2.24) is 0 Å². The number of carboxylic acid groups (broad SMARTS) is 1. The number of aryl methyl sites for hydroxylation is 1. The van der Waals surface area contributed by atoms with E-state index in [0.29, 0.717) is 24.3 Å². The summed E-state index contributed by atoms with van der Waals surface area (Å²) in [5.74, 6) is -0.612. The van der Waals surface area contributed by atoms with Crippen molar-refractivity contribution in [3.05, 3.63) is 34.9 Å². The molecule has 1 N–H and O–H groups in total. The highest BCUT2D eigenvalue weighted by Gasteiger charge is 2.11. The first-order valence-corrected chi connectivity index (χ1v) is 5.29. The van der Waals surface area contributed by atoms with E-state index in [0.717, 1.165) is 11.1 Å². The molecule has 1 rings (SSSR count). The SMILES string of the molecule is CC(C)c1ccc(CCC#N)c(C(=O)O)c1. The van der Waals surface area contributed by atoms with Crippen molar-refractivity contribution < 1.29 is 9.90 Å². The van der Waals surface area contributed by atoms with E-state index in [4.69, 9.17) is 10.4 Å². The normalized spacial score (nSPS) is 10.1. The van der Waals surface area contributed by atoms with Crippen LogP contribution in [0.1, 0.15) is 47.7 Å². The molecule has 0 atom stereocenters. The molecule has 0 radical (unpaired) electrons. The van der Waals surface area contributed by atoms with Crippen LogP contribution in [0, 0.1) is 11.3 Å². The minimum Gasteiger partial charge on any atom is -0.478 e. The molecule has 0 aliphatic rings. The van der Waals surface area contributed by atoms with E-state index < -0.39 is 5.97 Å². The number of rotatable bonds is 4. The fourth-order valence-electron chi connectivity index (χ4n) is 1.56. The van der Waals surface area contributed by atoms with Gasteiger partial charge in [0.25, 0.3) is 0 Å². The van der Waals surface area contributed by atoms with Crippen molar-refractivity contribution >= 4 is 5.97 Å². The Bertz CT molecular complexity index is 430. The predicted molar refractivity (Wildman–Crippen MR) is 61.4 cm³/mol. The molecule has 0 heterocycles. The lowest BCUT2D eigenvalue weighted by molar-refractivity contribution is 0.0695. The molecule has 0 aromatic heterocycles. The Labute approximate surface area is 95.3 Å². The molecule has 0 unspecified atom stereocenters.